The highest BCUT2D eigenvalue weighted by Crippen LogP contribution is 2.34. The third-order valence-electron chi connectivity index (χ3n) is 4.50. The smallest absolute Gasteiger partial charge is 0.259 e. The zero-order valence-electron chi connectivity index (χ0n) is 15.5. The molecule has 6 nitrogen and oxygen atoms in total. The molecule has 2 aliphatic rings. The van der Waals surface area contributed by atoms with Gasteiger partial charge in [0.05, 0.1) is 11.4 Å². The molecule has 2 heterocycles. The molecule has 0 aliphatic carbocycles. The number of aliphatic imine (C=N–C) groups is 2. The monoisotopic (exact) mass is 392 g/mol. The van der Waals surface area contributed by atoms with Crippen LogP contribution in [0, 0.1) is 0 Å². The van der Waals surface area contributed by atoms with Crippen molar-refractivity contribution in [3.63, 3.8) is 0 Å². The molecule has 0 radical (unpaired) electrons. The molecule has 1 unspecified atom stereocenters. The Morgan fingerprint density at radius 3 is 2.68 bits per heavy atom. The number of amidine groups is 2. The third kappa shape index (κ3) is 3.57. The molecular formula is C21H20N4O2S. The number of carbonyl (C=O) groups is 2. The number of anilines is 1. The van der Waals surface area contributed by atoms with Crippen molar-refractivity contribution in [2.45, 2.75) is 25.8 Å². The first-order chi connectivity index (χ1) is 13.7. The van der Waals surface area contributed by atoms with E-state index in [-0.39, 0.29) is 23.6 Å². The average molecular weight is 392 g/mol. The van der Waals surface area contributed by atoms with Gasteiger partial charge in [0.1, 0.15) is 11.9 Å². The summed E-state index contributed by atoms with van der Waals surface area (Å²) in [6.07, 6.45) is 1.58. The van der Waals surface area contributed by atoms with Gasteiger partial charge in [-0.2, -0.15) is 0 Å². The summed E-state index contributed by atoms with van der Waals surface area (Å²) >= 11 is 1.25. The van der Waals surface area contributed by atoms with Gasteiger partial charge in [-0.05, 0) is 30.7 Å². The van der Waals surface area contributed by atoms with Gasteiger partial charge in [0.25, 0.3) is 5.91 Å². The number of amides is 2. The van der Waals surface area contributed by atoms with E-state index in [0.29, 0.717) is 17.4 Å². The largest absolute Gasteiger partial charge is 0.325 e. The summed E-state index contributed by atoms with van der Waals surface area (Å²) in [5.41, 5.74) is 2.37. The zero-order valence-corrected chi connectivity index (χ0v) is 16.3. The van der Waals surface area contributed by atoms with Crippen molar-refractivity contribution < 1.29 is 9.59 Å². The molecule has 142 valence electrons. The van der Waals surface area contributed by atoms with Crippen LogP contribution >= 0.6 is 11.8 Å². The van der Waals surface area contributed by atoms with Crippen molar-refractivity contribution >= 4 is 46.0 Å². The molecule has 7 heteroatoms. The van der Waals surface area contributed by atoms with Crippen LogP contribution < -0.4 is 5.32 Å². The Morgan fingerprint density at radius 1 is 1.14 bits per heavy atom. The number of nitrogens with zero attached hydrogens (tertiary/aromatic N) is 3. The number of carbonyl (C=O) groups excluding carboxylic acids is 2. The van der Waals surface area contributed by atoms with Crippen molar-refractivity contribution in [2.24, 2.45) is 9.98 Å². The fraction of sp³-hybridized carbons (Fsp3) is 0.238. The molecule has 1 atom stereocenters. The first-order valence-corrected chi connectivity index (χ1v) is 10.2. The molecule has 2 amide bonds. The quantitative estimate of drug-likeness (QED) is 0.841. The van der Waals surface area contributed by atoms with Gasteiger partial charge >= 0.3 is 0 Å². The SMILES string of the molecule is CCCC1N=C2c3ccccc3N=C(SCC(=O)Nc3ccccc3)N2C1=O. The summed E-state index contributed by atoms with van der Waals surface area (Å²) in [6, 6.07) is 16.6. The van der Waals surface area contributed by atoms with Crippen molar-refractivity contribution in [1.82, 2.24) is 4.90 Å². The predicted octanol–water partition coefficient (Wildman–Crippen LogP) is 3.82. The maximum atomic E-state index is 12.9. The molecule has 0 aromatic heterocycles. The van der Waals surface area contributed by atoms with Gasteiger partial charge in [-0.25, -0.2) is 9.89 Å². The van der Waals surface area contributed by atoms with Crippen LogP contribution in [0.5, 0.6) is 0 Å². The lowest BCUT2D eigenvalue weighted by Crippen LogP contribution is -2.41. The number of fused-ring (bicyclic) bond motifs is 3. The van der Waals surface area contributed by atoms with E-state index < -0.39 is 0 Å². The molecule has 2 aromatic carbocycles. The first kappa shape index (κ1) is 18.4. The molecule has 28 heavy (non-hydrogen) atoms. The molecule has 0 fully saturated rings. The predicted molar refractivity (Wildman–Crippen MR) is 113 cm³/mol. The Morgan fingerprint density at radius 2 is 1.89 bits per heavy atom. The molecule has 0 bridgehead atoms. The topological polar surface area (TPSA) is 74.1 Å². The van der Waals surface area contributed by atoms with Crippen LogP contribution in [-0.2, 0) is 9.59 Å². The van der Waals surface area contributed by atoms with Gasteiger partial charge in [0.2, 0.25) is 5.91 Å². The summed E-state index contributed by atoms with van der Waals surface area (Å²) in [4.78, 5) is 36.1. The molecule has 2 aromatic rings. The van der Waals surface area contributed by atoms with Crippen LogP contribution in [0.25, 0.3) is 0 Å². The summed E-state index contributed by atoms with van der Waals surface area (Å²) < 4.78 is 0. The molecule has 0 spiro atoms. The van der Waals surface area contributed by atoms with E-state index in [1.807, 2.05) is 61.5 Å². The van der Waals surface area contributed by atoms with Crippen molar-refractivity contribution in [1.29, 1.82) is 0 Å². The van der Waals surface area contributed by atoms with Crippen LogP contribution in [0.1, 0.15) is 25.3 Å². The second kappa shape index (κ2) is 7.98. The van der Waals surface area contributed by atoms with Crippen LogP contribution in [0.2, 0.25) is 0 Å². The Hall–Kier alpha value is -2.93. The Bertz CT molecular complexity index is 971. The van der Waals surface area contributed by atoms with E-state index in [1.54, 1.807) is 4.90 Å². The van der Waals surface area contributed by atoms with E-state index in [1.165, 1.54) is 11.8 Å². The molecule has 4 rings (SSSR count). The number of nitrogens with one attached hydrogen (secondary N) is 1. The number of rotatable bonds is 5. The van der Waals surface area contributed by atoms with Crippen LogP contribution in [0.15, 0.2) is 64.6 Å². The van der Waals surface area contributed by atoms with Crippen LogP contribution in [0.4, 0.5) is 11.4 Å². The van der Waals surface area contributed by atoms with Gasteiger partial charge < -0.3 is 5.32 Å². The molecule has 2 aliphatic heterocycles. The average Bonchev–Trinajstić information content (AvgIpc) is 3.04. The standard InChI is InChI=1S/C21H20N4O2S/c1-2-8-17-20(27)25-19(23-17)15-11-6-7-12-16(15)24-21(25)28-13-18(26)22-14-9-4-3-5-10-14/h3-7,9-12,17H,2,8,13H2,1H3,(H,22,26). The van der Waals surface area contributed by atoms with Gasteiger partial charge in [-0.15, -0.1) is 0 Å². The summed E-state index contributed by atoms with van der Waals surface area (Å²) in [6.45, 7) is 2.04. The lowest BCUT2D eigenvalue weighted by molar-refractivity contribution is -0.124. The van der Waals surface area contributed by atoms with E-state index in [9.17, 15) is 9.59 Å². The van der Waals surface area contributed by atoms with Crippen LogP contribution in [-0.4, -0.2) is 39.5 Å². The van der Waals surface area contributed by atoms with E-state index in [0.717, 1.165) is 23.4 Å². The van der Waals surface area contributed by atoms with Gasteiger partial charge in [0, 0.05) is 11.3 Å². The fourth-order valence-corrected chi connectivity index (χ4v) is 4.01. The van der Waals surface area contributed by atoms with Gasteiger partial charge in [-0.1, -0.05) is 55.4 Å². The van der Waals surface area contributed by atoms with Gasteiger partial charge in [0.15, 0.2) is 5.17 Å². The first-order valence-electron chi connectivity index (χ1n) is 9.25. The Labute approximate surface area is 167 Å². The van der Waals surface area contributed by atoms with E-state index >= 15 is 0 Å². The van der Waals surface area contributed by atoms with E-state index in [4.69, 9.17) is 0 Å². The number of para-hydroxylation sites is 2. The summed E-state index contributed by atoms with van der Waals surface area (Å²) in [5.74, 6) is 0.583. The Balaban J connectivity index is 1.55. The van der Waals surface area contributed by atoms with Crippen LogP contribution in [0.3, 0.4) is 0 Å². The molecule has 0 saturated heterocycles. The fourth-order valence-electron chi connectivity index (χ4n) is 3.21. The number of hydrogen-bond acceptors (Lipinski definition) is 5. The maximum absolute atomic E-state index is 12.9. The maximum Gasteiger partial charge on any atom is 0.259 e. The second-order valence-electron chi connectivity index (χ2n) is 6.55. The summed E-state index contributed by atoms with van der Waals surface area (Å²) in [7, 11) is 0. The lowest BCUT2D eigenvalue weighted by atomic mass is 10.1. The summed E-state index contributed by atoms with van der Waals surface area (Å²) in [5, 5.41) is 3.36. The highest BCUT2D eigenvalue weighted by atomic mass is 32.2. The molecular weight excluding hydrogens is 372 g/mol. The van der Waals surface area contributed by atoms with Crippen molar-refractivity contribution in [3.8, 4) is 0 Å². The number of thioether (sulfide) groups is 1. The zero-order chi connectivity index (χ0) is 19.5. The third-order valence-corrected chi connectivity index (χ3v) is 5.44. The van der Waals surface area contributed by atoms with E-state index in [2.05, 4.69) is 15.3 Å². The van der Waals surface area contributed by atoms with Crippen molar-refractivity contribution in [3.05, 3.63) is 60.2 Å². The van der Waals surface area contributed by atoms with Crippen molar-refractivity contribution in [2.75, 3.05) is 11.1 Å². The minimum absolute atomic E-state index is 0.0685. The lowest BCUT2D eigenvalue weighted by Gasteiger charge is -2.25. The minimum Gasteiger partial charge on any atom is -0.325 e. The number of hydrogen-bond donors (Lipinski definition) is 1. The minimum atomic E-state index is -0.380. The Kier molecular flexibility index (Phi) is 5.25. The normalized spacial score (nSPS) is 17.5. The highest BCUT2D eigenvalue weighted by molar-refractivity contribution is 8.14. The second-order valence-corrected chi connectivity index (χ2v) is 7.49. The molecule has 0 saturated carbocycles. The number of benzene rings is 2. The molecule has 1 N–H and O–H groups in total. The highest BCUT2D eigenvalue weighted by Gasteiger charge is 2.40. The van der Waals surface area contributed by atoms with Gasteiger partial charge in [-0.3, -0.25) is 14.6 Å².